The van der Waals surface area contributed by atoms with Crippen molar-refractivity contribution in [3.05, 3.63) is 33.9 Å². The molecule has 0 aliphatic carbocycles. The minimum absolute atomic E-state index is 0.0227. The van der Waals surface area contributed by atoms with Crippen molar-refractivity contribution in [1.82, 2.24) is 0 Å². The van der Waals surface area contributed by atoms with Crippen LogP contribution in [0.15, 0.2) is 18.2 Å². The van der Waals surface area contributed by atoms with Crippen molar-refractivity contribution in [2.75, 3.05) is 13.7 Å². The van der Waals surface area contributed by atoms with E-state index in [1.54, 1.807) is 12.1 Å². The Labute approximate surface area is 88.0 Å². The lowest BCUT2D eigenvalue weighted by Gasteiger charge is -2.10. The minimum Gasteiger partial charge on any atom is -0.490 e. The van der Waals surface area contributed by atoms with Gasteiger partial charge in [-0.1, -0.05) is 13.0 Å². The SMILES string of the molecule is COc1cc(C(C)CN)ccc1[N+](=O)[O-]. The molecular formula is C10H14N2O3. The molecule has 0 bridgehead atoms. The van der Waals surface area contributed by atoms with Crippen molar-refractivity contribution >= 4 is 5.69 Å². The Balaban J connectivity index is 3.13. The quantitative estimate of drug-likeness (QED) is 0.605. The van der Waals surface area contributed by atoms with E-state index in [9.17, 15) is 10.1 Å². The van der Waals surface area contributed by atoms with Crippen LogP contribution < -0.4 is 10.5 Å². The molecule has 5 heteroatoms. The van der Waals surface area contributed by atoms with Gasteiger partial charge in [0.2, 0.25) is 0 Å². The largest absolute Gasteiger partial charge is 0.490 e. The molecule has 0 fully saturated rings. The van der Waals surface area contributed by atoms with Gasteiger partial charge in [-0.15, -0.1) is 0 Å². The summed E-state index contributed by atoms with van der Waals surface area (Å²) < 4.78 is 4.96. The number of methoxy groups -OCH3 is 1. The third-order valence-corrected chi connectivity index (χ3v) is 2.32. The lowest BCUT2D eigenvalue weighted by atomic mass is 10.0. The Bertz CT molecular complexity index is 366. The number of nitrogens with two attached hydrogens (primary N) is 1. The monoisotopic (exact) mass is 210 g/mol. The fourth-order valence-corrected chi connectivity index (χ4v) is 1.29. The molecule has 1 unspecified atom stereocenters. The molecule has 15 heavy (non-hydrogen) atoms. The number of nitro groups is 1. The number of benzene rings is 1. The van der Waals surface area contributed by atoms with E-state index in [4.69, 9.17) is 10.5 Å². The fraction of sp³-hybridized carbons (Fsp3) is 0.400. The van der Waals surface area contributed by atoms with Gasteiger partial charge in [-0.25, -0.2) is 0 Å². The van der Waals surface area contributed by atoms with Crippen LogP contribution in [0.25, 0.3) is 0 Å². The summed E-state index contributed by atoms with van der Waals surface area (Å²) in [5.74, 6) is 0.442. The van der Waals surface area contributed by atoms with Gasteiger partial charge in [0, 0.05) is 6.07 Å². The van der Waals surface area contributed by atoms with Crippen molar-refractivity contribution in [2.24, 2.45) is 5.73 Å². The molecular weight excluding hydrogens is 196 g/mol. The molecule has 5 nitrogen and oxygen atoms in total. The molecule has 0 aromatic heterocycles. The van der Waals surface area contributed by atoms with E-state index in [-0.39, 0.29) is 17.4 Å². The van der Waals surface area contributed by atoms with Crippen molar-refractivity contribution in [3.8, 4) is 5.75 Å². The molecule has 1 aromatic carbocycles. The van der Waals surface area contributed by atoms with Crippen molar-refractivity contribution in [2.45, 2.75) is 12.8 Å². The Kier molecular flexibility index (Phi) is 3.62. The summed E-state index contributed by atoms with van der Waals surface area (Å²) in [5, 5.41) is 10.6. The van der Waals surface area contributed by atoms with Gasteiger partial charge in [0.1, 0.15) is 0 Å². The van der Waals surface area contributed by atoms with Gasteiger partial charge in [-0.2, -0.15) is 0 Å². The van der Waals surface area contributed by atoms with Gasteiger partial charge in [-0.3, -0.25) is 10.1 Å². The molecule has 0 aliphatic rings. The highest BCUT2D eigenvalue weighted by Gasteiger charge is 2.16. The maximum atomic E-state index is 10.6. The molecule has 2 N–H and O–H groups in total. The van der Waals surface area contributed by atoms with Crippen LogP contribution in [0.2, 0.25) is 0 Å². The summed E-state index contributed by atoms with van der Waals surface area (Å²) in [4.78, 5) is 10.2. The third-order valence-electron chi connectivity index (χ3n) is 2.32. The lowest BCUT2D eigenvalue weighted by molar-refractivity contribution is -0.385. The molecule has 1 atom stereocenters. The van der Waals surface area contributed by atoms with E-state index in [0.29, 0.717) is 6.54 Å². The highest BCUT2D eigenvalue weighted by Crippen LogP contribution is 2.29. The second kappa shape index (κ2) is 4.75. The number of ether oxygens (including phenoxy) is 1. The van der Waals surface area contributed by atoms with Crippen LogP contribution in [0, 0.1) is 10.1 Å². The fourth-order valence-electron chi connectivity index (χ4n) is 1.29. The Morgan fingerprint density at radius 1 is 1.60 bits per heavy atom. The highest BCUT2D eigenvalue weighted by molar-refractivity contribution is 5.49. The second-order valence-electron chi connectivity index (χ2n) is 3.33. The van der Waals surface area contributed by atoms with Crippen LogP contribution in [0.5, 0.6) is 5.75 Å². The van der Waals surface area contributed by atoms with Crippen molar-refractivity contribution in [1.29, 1.82) is 0 Å². The van der Waals surface area contributed by atoms with E-state index in [2.05, 4.69) is 0 Å². The molecule has 1 aromatic rings. The van der Waals surface area contributed by atoms with Crippen LogP contribution >= 0.6 is 0 Å². The van der Waals surface area contributed by atoms with Gasteiger partial charge >= 0.3 is 5.69 Å². The Morgan fingerprint density at radius 2 is 2.27 bits per heavy atom. The number of nitrogens with zero attached hydrogens (tertiary/aromatic N) is 1. The average molecular weight is 210 g/mol. The Hall–Kier alpha value is -1.62. The molecule has 1 rings (SSSR count). The van der Waals surface area contributed by atoms with Gasteiger partial charge in [0.05, 0.1) is 12.0 Å². The maximum absolute atomic E-state index is 10.6. The summed E-state index contributed by atoms with van der Waals surface area (Å²) in [6, 6.07) is 4.81. The maximum Gasteiger partial charge on any atom is 0.310 e. The first-order valence-corrected chi connectivity index (χ1v) is 4.62. The van der Waals surface area contributed by atoms with E-state index in [1.807, 2.05) is 6.92 Å². The lowest BCUT2D eigenvalue weighted by Crippen LogP contribution is -2.09. The molecule has 0 saturated carbocycles. The summed E-state index contributed by atoms with van der Waals surface area (Å²) in [7, 11) is 1.42. The number of hydrogen-bond donors (Lipinski definition) is 1. The van der Waals surface area contributed by atoms with Gasteiger partial charge in [0.25, 0.3) is 0 Å². The highest BCUT2D eigenvalue weighted by atomic mass is 16.6. The third kappa shape index (κ3) is 2.44. The van der Waals surface area contributed by atoms with Crippen LogP contribution in [0.3, 0.4) is 0 Å². The summed E-state index contributed by atoms with van der Waals surface area (Å²) >= 11 is 0. The first-order valence-electron chi connectivity index (χ1n) is 4.62. The molecule has 0 aliphatic heterocycles. The first kappa shape index (κ1) is 11.5. The summed E-state index contributed by atoms with van der Waals surface area (Å²) in [6.07, 6.45) is 0. The molecule has 82 valence electrons. The van der Waals surface area contributed by atoms with Crippen LogP contribution in [-0.4, -0.2) is 18.6 Å². The Morgan fingerprint density at radius 3 is 2.73 bits per heavy atom. The average Bonchev–Trinajstić information content (AvgIpc) is 2.26. The zero-order chi connectivity index (χ0) is 11.4. The first-order chi connectivity index (χ1) is 7.10. The van der Waals surface area contributed by atoms with E-state index in [0.717, 1.165) is 5.56 Å². The minimum atomic E-state index is -0.463. The van der Waals surface area contributed by atoms with E-state index in [1.165, 1.54) is 13.2 Å². The van der Waals surface area contributed by atoms with E-state index < -0.39 is 4.92 Å². The zero-order valence-electron chi connectivity index (χ0n) is 8.77. The smallest absolute Gasteiger partial charge is 0.310 e. The summed E-state index contributed by atoms with van der Waals surface area (Å²) in [5.41, 5.74) is 6.44. The normalized spacial score (nSPS) is 12.2. The molecule has 0 heterocycles. The predicted molar refractivity (Wildman–Crippen MR) is 57.1 cm³/mol. The molecule has 0 amide bonds. The second-order valence-corrected chi connectivity index (χ2v) is 3.33. The zero-order valence-corrected chi connectivity index (χ0v) is 8.77. The molecule has 0 spiro atoms. The topological polar surface area (TPSA) is 78.4 Å². The summed E-state index contributed by atoms with van der Waals surface area (Å²) in [6.45, 7) is 2.46. The van der Waals surface area contributed by atoms with Crippen LogP contribution in [0.4, 0.5) is 5.69 Å². The predicted octanol–water partition coefficient (Wildman–Crippen LogP) is 1.67. The van der Waals surface area contributed by atoms with Gasteiger partial charge in [0.15, 0.2) is 5.75 Å². The number of nitro benzene ring substituents is 1. The van der Waals surface area contributed by atoms with Gasteiger partial charge in [-0.05, 0) is 24.1 Å². The van der Waals surface area contributed by atoms with Crippen molar-refractivity contribution < 1.29 is 9.66 Å². The standard InChI is InChI=1S/C10H14N2O3/c1-7(6-11)8-3-4-9(12(13)14)10(5-8)15-2/h3-5,7H,6,11H2,1-2H3. The van der Waals surface area contributed by atoms with Crippen LogP contribution in [0.1, 0.15) is 18.4 Å². The number of rotatable bonds is 4. The molecule has 0 radical (unpaired) electrons. The number of hydrogen-bond acceptors (Lipinski definition) is 4. The van der Waals surface area contributed by atoms with Gasteiger partial charge < -0.3 is 10.5 Å². The van der Waals surface area contributed by atoms with Crippen molar-refractivity contribution in [3.63, 3.8) is 0 Å². The molecule has 0 saturated heterocycles. The van der Waals surface area contributed by atoms with Crippen LogP contribution in [-0.2, 0) is 0 Å². The van der Waals surface area contributed by atoms with E-state index >= 15 is 0 Å².